The van der Waals surface area contributed by atoms with Crippen molar-refractivity contribution in [1.82, 2.24) is 9.80 Å². The van der Waals surface area contributed by atoms with E-state index in [0.717, 1.165) is 50.1 Å². The van der Waals surface area contributed by atoms with Crippen LogP contribution in [0.1, 0.15) is 80.6 Å². The van der Waals surface area contributed by atoms with E-state index in [1.165, 1.54) is 25.7 Å². The number of ether oxygens (including phenoxy) is 1. The van der Waals surface area contributed by atoms with Crippen molar-refractivity contribution >= 4 is 35.0 Å². The maximum absolute atomic E-state index is 13.6. The Kier molecular flexibility index (Phi) is 12.1. The van der Waals surface area contributed by atoms with E-state index in [1.807, 2.05) is 34.1 Å². The molecule has 0 saturated carbocycles. The van der Waals surface area contributed by atoms with E-state index in [4.69, 9.17) is 27.9 Å². The highest BCUT2D eigenvalue weighted by Gasteiger charge is 2.27. The van der Waals surface area contributed by atoms with Gasteiger partial charge in [0.2, 0.25) is 5.91 Å². The predicted molar refractivity (Wildman–Crippen MR) is 151 cm³/mol. The fourth-order valence-electron chi connectivity index (χ4n) is 4.90. The lowest BCUT2D eigenvalue weighted by atomic mass is 9.95. The summed E-state index contributed by atoms with van der Waals surface area (Å²) in [6.45, 7) is 4.81. The normalized spacial score (nSPS) is 14.0. The molecule has 0 N–H and O–H groups in total. The molecule has 0 atom stereocenters. The second-order valence-electron chi connectivity index (χ2n) is 10.00. The van der Waals surface area contributed by atoms with Crippen molar-refractivity contribution in [2.75, 3.05) is 26.7 Å². The summed E-state index contributed by atoms with van der Waals surface area (Å²) in [5.41, 5.74) is 1.47. The summed E-state index contributed by atoms with van der Waals surface area (Å²) in [4.78, 5) is 30.1. The molecule has 0 radical (unpaired) electrons. The van der Waals surface area contributed by atoms with Crippen molar-refractivity contribution < 1.29 is 14.3 Å². The summed E-state index contributed by atoms with van der Waals surface area (Å²) < 4.78 is 5.27. The molecule has 1 aliphatic heterocycles. The molecular weight excluding hydrogens is 507 g/mol. The number of hydrogen-bond donors (Lipinski definition) is 0. The standard InChI is InChI=1S/C30H40Cl2N2O3/c1-3-4-5-6-7-8-9-29(35)33-18-16-24(17-19-33)22-34(21-23-10-13-26(37-2)14-11-23)30(36)27-15-12-25(31)20-28(27)32/h10-15,20,24H,3-9,16-19,21-22H2,1-2H3. The van der Waals surface area contributed by atoms with Crippen molar-refractivity contribution in [2.24, 2.45) is 5.92 Å². The first-order chi connectivity index (χ1) is 17.9. The van der Waals surface area contributed by atoms with Gasteiger partial charge in [-0.05, 0) is 61.1 Å². The molecule has 2 aromatic carbocycles. The van der Waals surface area contributed by atoms with Crippen LogP contribution in [0, 0.1) is 5.92 Å². The minimum atomic E-state index is -0.112. The average Bonchev–Trinajstić information content (AvgIpc) is 2.90. The van der Waals surface area contributed by atoms with Crippen molar-refractivity contribution in [3.05, 3.63) is 63.6 Å². The monoisotopic (exact) mass is 546 g/mol. The van der Waals surface area contributed by atoms with Crippen LogP contribution in [-0.2, 0) is 11.3 Å². The zero-order chi connectivity index (χ0) is 26.6. The molecule has 7 heteroatoms. The van der Waals surface area contributed by atoms with Crippen LogP contribution in [0.25, 0.3) is 0 Å². The number of hydrogen-bond acceptors (Lipinski definition) is 3. The zero-order valence-electron chi connectivity index (χ0n) is 22.2. The van der Waals surface area contributed by atoms with Gasteiger partial charge in [-0.1, -0.05) is 74.4 Å². The van der Waals surface area contributed by atoms with Crippen LogP contribution in [-0.4, -0.2) is 48.4 Å². The van der Waals surface area contributed by atoms with E-state index in [-0.39, 0.29) is 11.8 Å². The largest absolute Gasteiger partial charge is 0.497 e. The van der Waals surface area contributed by atoms with Crippen molar-refractivity contribution in [3.63, 3.8) is 0 Å². The number of rotatable bonds is 13. The minimum Gasteiger partial charge on any atom is -0.497 e. The van der Waals surface area contributed by atoms with E-state index < -0.39 is 0 Å². The lowest BCUT2D eigenvalue weighted by Gasteiger charge is -2.35. The first-order valence-corrected chi connectivity index (χ1v) is 14.3. The van der Waals surface area contributed by atoms with Crippen LogP contribution < -0.4 is 4.74 Å². The molecule has 2 aromatic rings. The Morgan fingerprint density at radius 2 is 1.65 bits per heavy atom. The van der Waals surface area contributed by atoms with Crippen LogP contribution in [0.5, 0.6) is 5.75 Å². The van der Waals surface area contributed by atoms with Crippen LogP contribution in [0.15, 0.2) is 42.5 Å². The summed E-state index contributed by atoms with van der Waals surface area (Å²) in [6, 6.07) is 12.8. The number of amides is 2. The second-order valence-corrected chi connectivity index (χ2v) is 10.8. The van der Waals surface area contributed by atoms with E-state index in [9.17, 15) is 9.59 Å². The van der Waals surface area contributed by atoms with Gasteiger partial charge in [-0.25, -0.2) is 0 Å². The summed E-state index contributed by atoms with van der Waals surface area (Å²) in [6.07, 6.45) is 9.56. The Labute approximate surface area is 232 Å². The number of halogens is 2. The predicted octanol–water partition coefficient (Wildman–Crippen LogP) is 7.63. The molecule has 5 nitrogen and oxygen atoms in total. The number of methoxy groups -OCH3 is 1. The van der Waals surface area contributed by atoms with Crippen LogP contribution in [0.4, 0.5) is 0 Å². The summed E-state index contributed by atoms with van der Waals surface area (Å²) in [5, 5.41) is 0.855. The van der Waals surface area contributed by atoms with E-state index in [1.54, 1.807) is 25.3 Å². The lowest BCUT2D eigenvalue weighted by Crippen LogP contribution is -2.42. The van der Waals surface area contributed by atoms with Crippen LogP contribution >= 0.6 is 23.2 Å². The Balaban J connectivity index is 1.59. The highest BCUT2D eigenvalue weighted by Crippen LogP contribution is 2.26. The fourth-order valence-corrected chi connectivity index (χ4v) is 5.38. The molecule has 3 rings (SSSR count). The molecule has 0 aromatic heterocycles. The van der Waals surface area contributed by atoms with Gasteiger partial charge >= 0.3 is 0 Å². The fraction of sp³-hybridized carbons (Fsp3) is 0.533. The highest BCUT2D eigenvalue weighted by molar-refractivity contribution is 6.36. The number of likely N-dealkylation sites (tertiary alicyclic amines) is 1. The number of nitrogens with zero attached hydrogens (tertiary/aromatic N) is 2. The van der Waals surface area contributed by atoms with Gasteiger partial charge in [0, 0.05) is 37.6 Å². The van der Waals surface area contributed by atoms with Gasteiger partial charge in [-0.15, -0.1) is 0 Å². The maximum atomic E-state index is 13.6. The van der Waals surface area contributed by atoms with Gasteiger partial charge in [0.05, 0.1) is 17.7 Å². The Morgan fingerprint density at radius 1 is 0.973 bits per heavy atom. The third kappa shape index (κ3) is 9.22. The number of benzene rings is 2. The Morgan fingerprint density at radius 3 is 2.30 bits per heavy atom. The molecule has 2 amide bonds. The summed E-state index contributed by atoms with van der Waals surface area (Å²) >= 11 is 12.5. The van der Waals surface area contributed by atoms with Crippen molar-refractivity contribution in [2.45, 2.75) is 71.3 Å². The highest BCUT2D eigenvalue weighted by atomic mass is 35.5. The third-order valence-corrected chi connectivity index (χ3v) is 7.72. The average molecular weight is 548 g/mol. The molecular formula is C30H40Cl2N2O3. The molecule has 1 aliphatic rings. The lowest BCUT2D eigenvalue weighted by molar-refractivity contribution is -0.132. The minimum absolute atomic E-state index is 0.112. The van der Waals surface area contributed by atoms with E-state index >= 15 is 0 Å². The van der Waals surface area contributed by atoms with E-state index in [2.05, 4.69) is 6.92 Å². The summed E-state index contributed by atoms with van der Waals surface area (Å²) in [5.74, 6) is 1.26. The zero-order valence-corrected chi connectivity index (χ0v) is 23.7. The van der Waals surface area contributed by atoms with Gasteiger partial charge in [0.1, 0.15) is 5.75 Å². The quantitative estimate of drug-likeness (QED) is 0.242. The molecule has 1 heterocycles. The molecule has 37 heavy (non-hydrogen) atoms. The maximum Gasteiger partial charge on any atom is 0.255 e. The smallest absolute Gasteiger partial charge is 0.255 e. The first-order valence-electron chi connectivity index (χ1n) is 13.6. The Bertz CT molecular complexity index is 1000. The van der Waals surface area contributed by atoms with Crippen molar-refractivity contribution in [1.29, 1.82) is 0 Å². The number of carbonyl (C=O) groups is 2. The van der Waals surface area contributed by atoms with Crippen LogP contribution in [0.3, 0.4) is 0 Å². The topological polar surface area (TPSA) is 49.9 Å². The van der Waals surface area contributed by atoms with Gasteiger partial charge in [0.15, 0.2) is 0 Å². The molecule has 1 fully saturated rings. The van der Waals surface area contributed by atoms with Gasteiger partial charge in [-0.2, -0.15) is 0 Å². The van der Waals surface area contributed by atoms with Gasteiger partial charge in [-0.3, -0.25) is 9.59 Å². The van der Waals surface area contributed by atoms with Gasteiger partial charge < -0.3 is 14.5 Å². The Hall–Kier alpha value is -2.24. The molecule has 0 spiro atoms. The molecule has 1 saturated heterocycles. The van der Waals surface area contributed by atoms with Crippen molar-refractivity contribution in [3.8, 4) is 5.75 Å². The number of unbranched alkanes of at least 4 members (excludes halogenated alkanes) is 5. The van der Waals surface area contributed by atoms with Gasteiger partial charge in [0.25, 0.3) is 5.91 Å². The number of carbonyl (C=O) groups excluding carboxylic acids is 2. The van der Waals surface area contributed by atoms with E-state index in [0.29, 0.717) is 41.0 Å². The second kappa shape index (κ2) is 15.2. The first kappa shape index (κ1) is 29.3. The number of piperidine rings is 1. The third-order valence-electron chi connectivity index (χ3n) is 7.17. The molecule has 0 unspecified atom stereocenters. The summed E-state index contributed by atoms with van der Waals surface area (Å²) in [7, 11) is 1.64. The van der Waals surface area contributed by atoms with Crippen LogP contribution in [0.2, 0.25) is 10.0 Å². The molecule has 0 aliphatic carbocycles. The SMILES string of the molecule is CCCCCCCCC(=O)N1CCC(CN(Cc2ccc(OC)cc2)C(=O)c2ccc(Cl)cc2Cl)CC1. The molecule has 202 valence electrons. The molecule has 0 bridgehead atoms.